The molecule has 0 saturated carbocycles. The van der Waals surface area contributed by atoms with Gasteiger partial charge in [-0.25, -0.2) is 0 Å². The smallest absolute Gasteiger partial charge is 0.252 e. The van der Waals surface area contributed by atoms with Crippen LogP contribution in [0.25, 0.3) is 0 Å². The van der Waals surface area contributed by atoms with Crippen molar-refractivity contribution in [1.29, 1.82) is 0 Å². The summed E-state index contributed by atoms with van der Waals surface area (Å²) in [5.41, 5.74) is 1.99. The van der Waals surface area contributed by atoms with E-state index >= 15 is 0 Å². The van der Waals surface area contributed by atoms with Crippen molar-refractivity contribution in [3.8, 4) is 0 Å². The first kappa shape index (κ1) is 11.5. The van der Waals surface area contributed by atoms with Gasteiger partial charge < -0.3 is 10.3 Å². The van der Waals surface area contributed by atoms with Crippen LogP contribution in [0.15, 0.2) is 48.8 Å². The van der Waals surface area contributed by atoms with Gasteiger partial charge in [0.1, 0.15) is 0 Å². The molecule has 3 heteroatoms. The number of hydrogen-bond acceptors (Lipinski definition) is 1. The van der Waals surface area contributed by atoms with E-state index in [1.807, 2.05) is 18.2 Å². The van der Waals surface area contributed by atoms with E-state index < -0.39 is 0 Å². The third-order valence-electron chi connectivity index (χ3n) is 2.63. The van der Waals surface area contributed by atoms with Crippen molar-refractivity contribution in [2.45, 2.75) is 12.8 Å². The predicted molar refractivity (Wildman–Crippen MR) is 67.9 cm³/mol. The molecule has 0 aliphatic heterocycles. The Morgan fingerprint density at radius 3 is 2.71 bits per heavy atom. The third kappa shape index (κ3) is 3.48. The first-order valence-corrected chi connectivity index (χ1v) is 5.81. The van der Waals surface area contributed by atoms with E-state index in [1.165, 1.54) is 5.56 Å². The Labute approximate surface area is 101 Å². The van der Waals surface area contributed by atoms with E-state index in [4.69, 9.17) is 0 Å². The van der Waals surface area contributed by atoms with Crippen LogP contribution in [0, 0.1) is 0 Å². The highest BCUT2D eigenvalue weighted by Gasteiger charge is 2.03. The molecule has 88 valence electrons. The Bertz CT molecular complexity index is 448. The lowest BCUT2D eigenvalue weighted by atomic mass is 10.1. The molecule has 0 spiro atoms. The average molecular weight is 228 g/mol. The molecule has 1 aromatic heterocycles. The van der Waals surface area contributed by atoms with Crippen molar-refractivity contribution in [1.82, 2.24) is 10.3 Å². The van der Waals surface area contributed by atoms with Crippen LogP contribution in [-0.4, -0.2) is 17.4 Å². The quantitative estimate of drug-likeness (QED) is 0.758. The van der Waals surface area contributed by atoms with E-state index in [1.54, 1.807) is 18.5 Å². The van der Waals surface area contributed by atoms with E-state index in [0.717, 1.165) is 12.8 Å². The molecule has 3 nitrogen and oxygen atoms in total. The third-order valence-corrected chi connectivity index (χ3v) is 2.63. The highest BCUT2D eigenvalue weighted by molar-refractivity contribution is 5.93. The molecular formula is C14H16N2O. The van der Waals surface area contributed by atoms with Crippen LogP contribution in [0.4, 0.5) is 0 Å². The van der Waals surface area contributed by atoms with Gasteiger partial charge in [0, 0.05) is 18.9 Å². The molecule has 2 aromatic rings. The molecule has 1 aromatic carbocycles. The van der Waals surface area contributed by atoms with E-state index in [0.29, 0.717) is 12.1 Å². The minimum absolute atomic E-state index is 0.0145. The number of carbonyl (C=O) groups is 1. The standard InChI is InChI=1S/C14H16N2O/c17-14(13-8-10-15-11-13)16-9-4-7-12-5-2-1-3-6-12/h1-3,5-6,8,10-11,15H,4,7,9H2,(H,16,17). The molecule has 0 saturated heterocycles. The Morgan fingerprint density at radius 1 is 1.18 bits per heavy atom. The summed E-state index contributed by atoms with van der Waals surface area (Å²) in [7, 11) is 0. The number of amides is 1. The van der Waals surface area contributed by atoms with Gasteiger partial charge in [0.15, 0.2) is 0 Å². The zero-order valence-corrected chi connectivity index (χ0v) is 9.65. The fourth-order valence-corrected chi connectivity index (χ4v) is 1.71. The van der Waals surface area contributed by atoms with E-state index in [2.05, 4.69) is 22.4 Å². The second-order valence-corrected chi connectivity index (χ2v) is 3.94. The fourth-order valence-electron chi connectivity index (χ4n) is 1.71. The molecule has 0 aliphatic rings. The van der Waals surface area contributed by atoms with Gasteiger partial charge in [-0.3, -0.25) is 4.79 Å². The van der Waals surface area contributed by atoms with Gasteiger partial charge in [-0.15, -0.1) is 0 Å². The largest absolute Gasteiger partial charge is 0.367 e. The van der Waals surface area contributed by atoms with Crippen LogP contribution in [0.2, 0.25) is 0 Å². The van der Waals surface area contributed by atoms with Crippen molar-refractivity contribution >= 4 is 5.91 Å². The summed E-state index contributed by atoms with van der Waals surface area (Å²) >= 11 is 0. The summed E-state index contributed by atoms with van der Waals surface area (Å²) in [5.74, 6) is -0.0145. The van der Waals surface area contributed by atoms with Crippen LogP contribution in [0.5, 0.6) is 0 Å². The molecule has 1 heterocycles. The number of nitrogens with one attached hydrogen (secondary N) is 2. The lowest BCUT2D eigenvalue weighted by Crippen LogP contribution is -2.24. The van der Waals surface area contributed by atoms with Gasteiger partial charge in [0.25, 0.3) is 5.91 Å². The second-order valence-electron chi connectivity index (χ2n) is 3.94. The molecule has 0 bridgehead atoms. The Morgan fingerprint density at radius 2 is 2.00 bits per heavy atom. The fraction of sp³-hybridized carbons (Fsp3) is 0.214. The van der Waals surface area contributed by atoms with Crippen LogP contribution in [0.1, 0.15) is 22.3 Å². The van der Waals surface area contributed by atoms with Crippen molar-refractivity contribution in [2.75, 3.05) is 6.54 Å². The monoisotopic (exact) mass is 228 g/mol. The number of H-pyrrole nitrogens is 1. The van der Waals surface area contributed by atoms with Gasteiger partial charge >= 0.3 is 0 Å². The molecule has 1 amide bonds. The Balaban J connectivity index is 1.69. The summed E-state index contributed by atoms with van der Waals surface area (Å²) in [5, 5.41) is 2.90. The first-order chi connectivity index (χ1) is 8.36. The lowest BCUT2D eigenvalue weighted by Gasteiger charge is -2.03. The number of rotatable bonds is 5. The molecule has 2 rings (SSSR count). The van der Waals surface area contributed by atoms with Crippen LogP contribution < -0.4 is 5.32 Å². The molecule has 0 atom stereocenters. The molecule has 0 radical (unpaired) electrons. The number of hydrogen-bond donors (Lipinski definition) is 2. The summed E-state index contributed by atoms with van der Waals surface area (Å²) in [6.07, 6.45) is 5.40. The molecule has 0 unspecified atom stereocenters. The number of benzene rings is 1. The molecular weight excluding hydrogens is 212 g/mol. The molecule has 0 fully saturated rings. The van der Waals surface area contributed by atoms with Crippen LogP contribution >= 0.6 is 0 Å². The van der Waals surface area contributed by atoms with E-state index in [9.17, 15) is 4.79 Å². The maximum atomic E-state index is 11.6. The highest BCUT2D eigenvalue weighted by atomic mass is 16.1. The minimum atomic E-state index is -0.0145. The normalized spacial score (nSPS) is 10.1. The van der Waals surface area contributed by atoms with Crippen LogP contribution in [0.3, 0.4) is 0 Å². The van der Waals surface area contributed by atoms with Gasteiger partial charge in [-0.1, -0.05) is 30.3 Å². The lowest BCUT2D eigenvalue weighted by molar-refractivity contribution is 0.0953. The van der Waals surface area contributed by atoms with Crippen molar-refractivity contribution in [3.05, 3.63) is 59.9 Å². The highest BCUT2D eigenvalue weighted by Crippen LogP contribution is 2.02. The first-order valence-electron chi connectivity index (χ1n) is 5.81. The van der Waals surface area contributed by atoms with Crippen molar-refractivity contribution in [3.63, 3.8) is 0 Å². The minimum Gasteiger partial charge on any atom is -0.367 e. The number of carbonyl (C=O) groups excluding carboxylic acids is 1. The number of aromatic nitrogens is 1. The van der Waals surface area contributed by atoms with Gasteiger partial charge in [-0.05, 0) is 24.5 Å². The van der Waals surface area contributed by atoms with Gasteiger partial charge in [-0.2, -0.15) is 0 Å². The SMILES string of the molecule is O=C(NCCCc1ccccc1)c1cc[nH]c1. The second kappa shape index (κ2) is 5.89. The topological polar surface area (TPSA) is 44.9 Å². The number of aromatic amines is 1. The summed E-state index contributed by atoms with van der Waals surface area (Å²) in [6.45, 7) is 0.707. The van der Waals surface area contributed by atoms with Gasteiger partial charge in [0.05, 0.1) is 5.56 Å². The molecule has 0 aliphatic carbocycles. The molecule has 2 N–H and O–H groups in total. The zero-order valence-electron chi connectivity index (χ0n) is 9.65. The predicted octanol–water partition coefficient (Wildman–Crippen LogP) is 2.38. The maximum Gasteiger partial charge on any atom is 0.252 e. The zero-order chi connectivity index (χ0) is 11.9. The van der Waals surface area contributed by atoms with Crippen molar-refractivity contribution < 1.29 is 4.79 Å². The number of aryl methyl sites for hydroxylation is 1. The van der Waals surface area contributed by atoms with Crippen LogP contribution in [-0.2, 0) is 6.42 Å². The molecule has 17 heavy (non-hydrogen) atoms. The summed E-state index contributed by atoms with van der Waals surface area (Å²) < 4.78 is 0. The summed E-state index contributed by atoms with van der Waals surface area (Å²) in [4.78, 5) is 14.5. The Kier molecular flexibility index (Phi) is 3.97. The van der Waals surface area contributed by atoms with E-state index in [-0.39, 0.29) is 5.91 Å². The summed E-state index contributed by atoms with van der Waals surface area (Å²) in [6, 6.07) is 12.1. The van der Waals surface area contributed by atoms with Gasteiger partial charge in [0.2, 0.25) is 0 Å². The maximum absolute atomic E-state index is 11.6. The average Bonchev–Trinajstić information content (AvgIpc) is 2.89. The Hall–Kier alpha value is -2.03. The van der Waals surface area contributed by atoms with Crippen molar-refractivity contribution in [2.24, 2.45) is 0 Å².